The van der Waals surface area contributed by atoms with Crippen LogP contribution >= 0.6 is 11.8 Å². The van der Waals surface area contributed by atoms with Gasteiger partial charge in [0.2, 0.25) is 11.8 Å². The van der Waals surface area contributed by atoms with E-state index in [1.807, 2.05) is 6.92 Å². The molecule has 0 saturated carbocycles. The molecule has 0 saturated heterocycles. The third-order valence-electron chi connectivity index (χ3n) is 3.03. The predicted octanol–water partition coefficient (Wildman–Crippen LogP) is 2.95. The van der Waals surface area contributed by atoms with Crippen LogP contribution in [0.2, 0.25) is 0 Å². The lowest BCUT2D eigenvalue weighted by Gasteiger charge is -2.07. The highest BCUT2D eigenvalue weighted by atomic mass is 32.2. The highest BCUT2D eigenvalue weighted by molar-refractivity contribution is 7.99. The molecule has 0 aliphatic rings. The van der Waals surface area contributed by atoms with Gasteiger partial charge in [0.1, 0.15) is 10.8 Å². The Morgan fingerprint density at radius 1 is 1.00 bits per heavy atom. The van der Waals surface area contributed by atoms with Gasteiger partial charge in [-0.3, -0.25) is 9.59 Å². The summed E-state index contributed by atoms with van der Waals surface area (Å²) in [4.78, 5) is 23.2. The first-order valence-corrected chi connectivity index (χ1v) is 8.88. The first-order valence-electron chi connectivity index (χ1n) is 7.89. The van der Waals surface area contributed by atoms with Crippen LogP contribution in [0.1, 0.15) is 20.3 Å². The van der Waals surface area contributed by atoms with E-state index in [4.69, 9.17) is 4.74 Å². The van der Waals surface area contributed by atoms with Crippen LogP contribution in [0.4, 0.5) is 11.5 Å². The second-order valence-electron chi connectivity index (χ2n) is 4.95. The Hall–Kier alpha value is -2.61. The maximum Gasteiger partial charge on any atom is 0.234 e. The van der Waals surface area contributed by atoms with E-state index in [0.717, 1.165) is 5.75 Å². The second kappa shape index (κ2) is 9.63. The maximum atomic E-state index is 12.0. The van der Waals surface area contributed by atoms with Crippen molar-refractivity contribution in [1.82, 2.24) is 10.2 Å². The lowest BCUT2D eigenvalue weighted by molar-refractivity contribution is -0.116. The van der Waals surface area contributed by atoms with Crippen LogP contribution in [0.15, 0.2) is 41.4 Å². The molecule has 0 radical (unpaired) electrons. The minimum Gasteiger partial charge on any atom is -0.494 e. The zero-order valence-corrected chi connectivity index (χ0v) is 14.9. The van der Waals surface area contributed by atoms with Gasteiger partial charge in [-0.25, -0.2) is 0 Å². The van der Waals surface area contributed by atoms with E-state index in [9.17, 15) is 9.59 Å². The summed E-state index contributed by atoms with van der Waals surface area (Å²) in [5.41, 5.74) is 0.706. The van der Waals surface area contributed by atoms with Crippen molar-refractivity contribution in [2.45, 2.75) is 25.3 Å². The van der Waals surface area contributed by atoms with Crippen LogP contribution in [0, 0.1) is 0 Å². The molecule has 0 aliphatic carbocycles. The molecule has 7 nitrogen and oxygen atoms in total. The summed E-state index contributed by atoms with van der Waals surface area (Å²) in [5, 5.41) is 13.9. The topological polar surface area (TPSA) is 93.2 Å². The Balaban J connectivity index is 1.80. The number of rotatable bonds is 8. The molecule has 1 aromatic heterocycles. The van der Waals surface area contributed by atoms with Gasteiger partial charge in [0.05, 0.1) is 12.4 Å². The van der Waals surface area contributed by atoms with E-state index in [-0.39, 0.29) is 17.6 Å². The number of carbonyl (C=O) groups is 2. The predicted molar refractivity (Wildman–Crippen MR) is 97.9 cm³/mol. The number of ether oxygens (including phenoxy) is 1. The van der Waals surface area contributed by atoms with Crippen molar-refractivity contribution < 1.29 is 14.3 Å². The standard InChI is InChI=1S/C17H20N4O3S/c1-3-15(22)19-14-9-10-17(21-20-14)25-11-16(23)18-12-5-7-13(8-6-12)24-4-2/h5-10H,3-4,11H2,1-2H3,(H,18,23)(H,19,20,22). The number of amides is 2. The zero-order chi connectivity index (χ0) is 18.1. The molecule has 0 fully saturated rings. The van der Waals surface area contributed by atoms with Crippen molar-refractivity contribution in [3.05, 3.63) is 36.4 Å². The Morgan fingerprint density at radius 2 is 1.76 bits per heavy atom. The molecule has 0 atom stereocenters. The minimum atomic E-state index is -0.140. The Bertz CT molecular complexity index is 705. The van der Waals surface area contributed by atoms with Crippen molar-refractivity contribution in [3.8, 4) is 5.75 Å². The van der Waals surface area contributed by atoms with Crippen molar-refractivity contribution >= 4 is 35.1 Å². The van der Waals surface area contributed by atoms with Crippen LogP contribution < -0.4 is 15.4 Å². The van der Waals surface area contributed by atoms with Gasteiger partial charge in [0.15, 0.2) is 5.82 Å². The number of nitrogens with zero attached hydrogens (tertiary/aromatic N) is 2. The smallest absolute Gasteiger partial charge is 0.234 e. The fourth-order valence-electron chi connectivity index (χ4n) is 1.83. The van der Waals surface area contributed by atoms with E-state index >= 15 is 0 Å². The number of benzene rings is 1. The number of nitrogens with one attached hydrogen (secondary N) is 2. The fraction of sp³-hybridized carbons (Fsp3) is 0.294. The molecule has 2 aromatic rings. The van der Waals surface area contributed by atoms with Gasteiger partial charge in [0, 0.05) is 12.1 Å². The normalized spacial score (nSPS) is 10.2. The van der Waals surface area contributed by atoms with Gasteiger partial charge in [-0.1, -0.05) is 18.7 Å². The number of anilines is 2. The summed E-state index contributed by atoms with van der Waals surface area (Å²) >= 11 is 1.27. The van der Waals surface area contributed by atoms with E-state index in [2.05, 4.69) is 20.8 Å². The quantitative estimate of drug-likeness (QED) is 0.703. The summed E-state index contributed by atoms with van der Waals surface area (Å²) in [7, 11) is 0. The Kier molecular flexibility index (Phi) is 7.21. The van der Waals surface area contributed by atoms with Gasteiger partial charge in [-0.2, -0.15) is 0 Å². The lowest BCUT2D eigenvalue weighted by Crippen LogP contribution is -2.14. The van der Waals surface area contributed by atoms with Crippen LogP contribution in [0.25, 0.3) is 0 Å². The monoisotopic (exact) mass is 360 g/mol. The summed E-state index contributed by atoms with van der Waals surface area (Å²) in [5.74, 6) is 1.11. The van der Waals surface area contributed by atoms with Crippen LogP contribution in [0.5, 0.6) is 5.75 Å². The molecule has 1 heterocycles. The van der Waals surface area contributed by atoms with Gasteiger partial charge in [-0.05, 0) is 43.3 Å². The number of carbonyl (C=O) groups excluding carboxylic acids is 2. The van der Waals surface area contributed by atoms with Crippen molar-refractivity contribution in [3.63, 3.8) is 0 Å². The van der Waals surface area contributed by atoms with E-state index in [0.29, 0.717) is 29.6 Å². The second-order valence-corrected chi connectivity index (χ2v) is 5.95. The summed E-state index contributed by atoms with van der Waals surface area (Å²) < 4.78 is 5.35. The molecule has 0 unspecified atom stereocenters. The molecule has 0 aliphatic heterocycles. The molecule has 2 amide bonds. The van der Waals surface area contributed by atoms with Crippen LogP contribution in [0.3, 0.4) is 0 Å². The average Bonchev–Trinajstić information content (AvgIpc) is 2.63. The average molecular weight is 360 g/mol. The molecule has 2 rings (SSSR count). The van der Waals surface area contributed by atoms with Gasteiger partial charge in [-0.15, -0.1) is 10.2 Å². The van der Waals surface area contributed by atoms with Crippen LogP contribution in [-0.2, 0) is 9.59 Å². The third-order valence-corrected chi connectivity index (χ3v) is 3.95. The highest BCUT2D eigenvalue weighted by Gasteiger charge is 2.06. The lowest BCUT2D eigenvalue weighted by atomic mass is 10.3. The first-order chi connectivity index (χ1) is 12.1. The molecular weight excluding hydrogens is 340 g/mol. The highest BCUT2D eigenvalue weighted by Crippen LogP contribution is 2.18. The van der Waals surface area contributed by atoms with Crippen molar-refractivity contribution in [2.24, 2.45) is 0 Å². The van der Waals surface area contributed by atoms with Gasteiger partial charge < -0.3 is 15.4 Å². The van der Waals surface area contributed by atoms with E-state index < -0.39 is 0 Å². The molecule has 132 valence electrons. The number of aromatic nitrogens is 2. The van der Waals surface area contributed by atoms with Crippen molar-refractivity contribution in [1.29, 1.82) is 0 Å². The van der Waals surface area contributed by atoms with E-state index in [1.54, 1.807) is 43.3 Å². The number of thioether (sulfide) groups is 1. The Morgan fingerprint density at radius 3 is 2.36 bits per heavy atom. The zero-order valence-electron chi connectivity index (χ0n) is 14.1. The summed E-state index contributed by atoms with van der Waals surface area (Å²) in [6.45, 7) is 4.28. The van der Waals surface area contributed by atoms with Crippen LogP contribution in [-0.4, -0.2) is 34.4 Å². The summed E-state index contributed by atoms with van der Waals surface area (Å²) in [6.07, 6.45) is 0.379. The molecule has 2 N–H and O–H groups in total. The third kappa shape index (κ3) is 6.42. The SMILES string of the molecule is CCOc1ccc(NC(=O)CSc2ccc(NC(=O)CC)nn2)cc1. The first kappa shape index (κ1) is 18.7. The largest absolute Gasteiger partial charge is 0.494 e. The molecule has 0 bridgehead atoms. The summed E-state index contributed by atoms with van der Waals surface area (Å²) in [6, 6.07) is 10.6. The fourth-order valence-corrected chi connectivity index (χ4v) is 2.45. The van der Waals surface area contributed by atoms with E-state index in [1.165, 1.54) is 11.8 Å². The molecular formula is C17H20N4O3S. The maximum absolute atomic E-state index is 12.0. The van der Waals surface area contributed by atoms with Gasteiger partial charge >= 0.3 is 0 Å². The number of hydrogen-bond donors (Lipinski definition) is 2. The van der Waals surface area contributed by atoms with Gasteiger partial charge in [0.25, 0.3) is 0 Å². The number of hydrogen-bond acceptors (Lipinski definition) is 6. The van der Waals surface area contributed by atoms with Crippen molar-refractivity contribution in [2.75, 3.05) is 23.0 Å². The molecule has 25 heavy (non-hydrogen) atoms. The minimum absolute atomic E-state index is 0.121. The molecule has 0 spiro atoms. The Labute approximate surface area is 150 Å². The molecule has 8 heteroatoms. The molecule has 1 aromatic carbocycles.